The first-order chi connectivity index (χ1) is 13.6. The lowest BCUT2D eigenvalue weighted by Gasteiger charge is -2.09. The molecule has 2 aromatic rings. The Kier molecular flexibility index (Phi) is 7.59. The maximum Gasteiger partial charge on any atom is 0.251 e. The first kappa shape index (κ1) is 22.7. The van der Waals surface area contributed by atoms with Crippen LogP contribution in [-0.4, -0.2) is 48.7 Å². The quantitative estimate of drug-likeness (QED) is 0.474. The van der Waals surface area contributed by atoms with Gasteiger partial charge in [0.2, 0.25) is 20.0 Å². The third-order valence-electron chi connectivity index (χ3n) is 3.60. The molecule has 0 aliphatic rings. The van der Waals surface area contributed by atoms with Crippen LogP contribution in [0.15, 0.2) is 53.4 Å². The van der Waals surface area contributed by atoms with Crippen molar-refractivity contribution >= 4 is 31.6 Å². The van der Waals surface area contributed by atoms with Crippen molar-refractivity contribution in [1.82, 2.24) is 10.0 Å². The minimum absolute atomic E-state index is 0.00893. The summed E-state index contributed by atoms with van der Waals surface area (Å²) < 4.78 is 56.8. The highest BCUT2D eigenvalue weighted by molar-refractivity contribution is 7.92. The standard InChI is InChI=1S/C18H23N3O6S2/c1-3-27-16-8-10-17(11-9-16)29(25,26)20-13-12-19-18(22)14-4-6-15(7-5-14)21-28(2,23)24/h4-11,20-21H,3,12-13H2,1-2H3,(H,19,22). The molecule has 0 bridgehead atoms. The zero-order chi connectivity index (χ0) is 21.5. The van der Waals surface area contributed by atoms with Crippen LogP contribution in [0.5, 0.6) is 5.75 Å². The van der Waals surface area contributed by atoms with Gasteiger partial charge >= 0.3 is 0 Å². The van der Waals surface area contributed by atoms with Crippen LogP contribution in [0, 0.1) is 0 Å². The third kappa shape index (κ3) is 7.37. The van der Waals surface area contributed by atoms with E-state index < -0.39 is 26.0 Å². The monoisotopic (exact) mass is 441 g/mol. The fraction of sp³-hybridized carbons (Fsp3) is 0.278. The van der Waals surface area contributed by atoms with Gasteiger partial charge in [-0.3, -0.25) is 9.52 Å². The second-order valence-electron chi connectivity index (χ2n) is 6.01. The summed E-state index contributed by atoms with van der Waals surface area (Å²) in [6, 6.07) is 11.9. The zero-order valence-electron chi connectivity index (χ0n) is 16.0. The van der Waals surface area contributed by atoms with Gasteiger partial charge in [0, 0.05) is 24.3 Å². The maximum atomic E-state index is 12.2. The predicted molar refractivity (Wildman–Crippen MR) is 110 cm³/mol. The molecule has 2 aromatic carbocycles. The van der Waals surface area contributed by atoms with E-state index in [1.54, 1.807) is 12.1 Å². The van der Waals surface area contributed by atoms with Gasteiger partial charge in [-0.2, -0.15) is 0 Å². The summed E-state index contributed by atoms with van der Waals surface area (Å²) in [5, 5.41) is 2.59. The fourth-order valence-electron chi connectivity index (χ4n) is 2.33. The Morgan fingerprint density at radius 1 is 0.931 bits per heavy atom. The SMILES string of the molecule is CCOc1ccc(S(=O)(=O)NCCNC(=O)c2ccc(NS(C)(=O)=O)cc2)cc1. The molecular formula is C18H23N3O6S2. The number of hydrogen-bond donors (Lipinski definition) is 3. The van der Waals surface area contributed by atoms with Crippen molar-refractivity contribution in [3.63, 3.8) is 0 Å². The van der Waals surface area contributed by atoms with Gasteiger partial charge in [0.05, 0.1) is 17.8 Å². The molecule has 2 rings (SSSR count). The molecule has 0 unspecified atom stereocenters. The Morgan fingerprint density at radius 2 is 1.55 bits per heavy atom. The number of carbonyl (C=O) groups is 1. The predicted octanol–water partition coefficient (Wildman–Crippen LogP) is 1.17. The molecular weight excluding hydrogens is 418 g/mol. The van der Waals surface area contributed by atoms with Crippen molar-refractivity contribution < 1.29 is 26.4 Å². The van der Waals surface area contributed by atoms with Crippen LogP contribution in [0.2, 0.25) is 0 Å². The van der Waals surface area contributed by atoms with Crippen LogP contribution in [0.1, 0.15) is 17.3 Å². The molecule has 29 heavy (non-hydrogen) atoms. The number of rotatable bonds is 10. The van der Waals surface area contributed by atoms with Crippen LogP contribution in [0.25, 0.3) is 0 Å². The molecule has 0 saturated heterocycles. The summed E-state index contributed by atoms with van der Waals surface area (Å²) in [6.45, 7) is 2.41. The number of hydrogen-bond acceptors (Lipinski definition) is 6. The smallest absolute Gasteiger partial charge is 0.251 e. The number of amides is 1. The van der Waals surface area contributed by atoms with E-state index in [0.717, 1.165) is 6.26 Å². The number of sulfonamides is 2. The lowest BCUT2D eigenvalue weighted by molar-refractivity contribution is 0.0954. The highest BCUT2D eigenvalue weighted by atomic mass is 32.2. The molecule has 0 radical (unpaired) electrons. The molecule has 9 nitrogen and oxygen atoms in total. The van der Waals surface area contributed by atoms with E-state index in [0.29, 0.717) is 23.6 Å². The number of carbonyl (C=O) groups excluding carboxylic acids is 1. The van der Waals surface area contributed by atoms with E-state index in [4.69, 9.17) is 4.74 Å². The van der Waals surface area contributed by atoms with E-state index in [-0.39, 0.29) is 18.0 Å². The van der Waals surface area contributed by atoms with Crippen molar-refractivity contribution in [2.75, 3.05) is 30.7 Å². The molecule has 0 heterocycles. The zero-order valence-corrected chi connectivity index (χ0v) is 17.6. The van der Waals surface area contributed by atoms with Gasteiger partial charge in [-0.25, -0.2) is 21.6 Å². The Labute approximate surface area is 170 Å². The highest BCUT2D eigenvalue weighted by Crippen LogP contribution is 2.15. The summed E-state index contributed by atoms with van der Waals surface area (Å²) >= 11 is 0. The molecule has 0 aliphatic heterocycles. The topological polar surface area (TPSA) is 131 Å². The molecule has 158 valence electrons. The summed E-state index contributed by atoms with van der Waals surface area (Å²) in [7, 11) is -7.09. The van der Waals surface area contributed by atoms with Crippen LogP contribution >= 0.6 is 0 Å². The van der Waals surface area contributed by atoms with E-state index >= 15 is 0 Å². The summed E-state index contributed by atoms with van der Waals surface area (Å²) in [4.78, 5) is 12.2. The minimum atomic E-state index is -3.70. The molecule has 0 aliphatic carbocycles. The van der Waals surface area contributed by atoms with Gasteiger partial charge in [0.15, 0.2) is 0 Å². The van der Waals surface area contributed by atoms with Crippen LogP contribution in [0.3, 0.4) is 0 Å². The van der Waals surface area contributed by atoms with Crippen molar-refractivity contribution in [3.8, 4) is 5.75 Å². The fourth-order valence-corrected chi connectivity index (χ4v) is 3.93. The second kappa shape index (κ2) is 9.72. The van der Waals surface area contributed by atoms with E-state index in [9.17, 15) is 21.6 Å². The normalized spacial score (nSPS) is 11.7. The van der Waals surface area contributed by atoms with Crippen molar-refractivity contribution in [3.05, 3.63) is 54.1 Å². The largest absolute Gasteiger partial charge is 0.494 e. The van der Waals surface area contributed by atoms with Crippen LogP contribution in [0.4, 0.5) is 5.69 Å². The average molecular weight is 442 g/mol. The number of ether oxygens (including phenoxy) is 1. The molecule has 3 N–H and O–H groups in total. The Balaban J connectivity index is 1.83. The first-order valence-electron chi connectivity index (χ1n) is 8.69. The first-order valence-corrected chi connectivity index (χ1v) is 12.1. The molecule has 0 aromatic heterocycles. The Bertz CT molecular complexity index is 1030. The number of nitrogens with one attached hydrogen (secondary N) is 3. The van der Waals surface area contributed by atoms with Crippen molar-refractivity contribution in [2.45, 2.75) is 11.8 Å². The highest BCUT2D eigenvalue weighted by Gasteiger charge is 2.14. The molecule has 11 heteroatoms. The van der Waals surface area contributed by atoms with Gasteiger partial charge in [-0.05, 0) is 55.5 Å². The Hall–Kier alpha value is -2.63. The number of benzene rings is 2. The summed E-state index contributed by atoms with van der Waals surface area (Å²) in [6.07, 6.45) is 1.03. The molecule has 0 atom stereocenters. The minimum Gasteiger partial charge on any atom is -0.494 e. The second-order valence-corrected chi connectivity index (χ2v) is 9.53. The van der Waals surface area contributed by atoms with Gasteiger partial charge in [0.1, 0.15) is 5.75 Å². The lowest BCUT2D eigenvalue weighted by Crippen LogP contribution is -2.34. The molecule has 0 spiro atoms. The van der Waals surface area contributed by atoms with Crippen LogP contribution in [-0.2, 0) is 20.0 Å². The van der Waals surface area contributed by atoms with Gasteiger partial charge in [0.25, 0.3) is 5.91 Å². The summed E-state index contributed by atoms with van der Waals surface area (Å²) in [5.41, 5.74) is 0.658. The van der Waals surface area contributed by atoms with Gasteiger partial charge < -0.3 is 10.1 Å². The van der Waals surface area contributed by atoms with Crippen molar-refractivity contribution in [1.29, 1.82) is 0 Å². The van der Waals surface area contributed by atoms with E-state index in [1.807, 2.05) is 6.92 Å². The van der Waals surface area contributed by atoms with Crippen LogP contribution < -0.4 is 19.5 Å². The Morgan fingerprint density at radius 3 is 2.10 bits per heavy atom. The number of anilines is 1. The van der Waals surface area contributed by atoms with Crippen molar-refractivity contribution in [2.24, 2.45) is 0 Å². The molecule has 1 amide bonds. The van der Waals surface area contributed by atoms with Gasteiger partial charge in [-0.15, -0.1) is 0 Å². The van der Waals surface area contributed by atoms with E-state index in [1.165, 1.54) is 36.4 Å². The van der Waals surface area contributed by atoms with E-state index in [2.05, 4.69) is 14.8 Å². The van der Waals surface area contributed by atoms with Gasteiger partial charge in [-0.1, -0.05) is 0 Å². The molecule has 0 fully saturated rings. The average Bonchev–Trinajstić information content (AvgIpc) is 2.65. The summed E-state index contributed by atoms with van der Waals surface area (Å²) in [5.74, 6) is 0.174. The lowest BCUT2D eigenvalue weighted by atomic mass is 10.2. The third-order valence-corrected chi connectivity index (χ3v) is 5.68. The maximum absolute atomic E-state index is 12.2. The molecule has 0 saturated carbocycles.